The van der Waals surface area contributed by atoms with Gasteiger partial charge in [0.05, 0.1) is 0 Å². The quantitative estimate of drug-likeness (QED) is 0.778. The lowest BCUT2D eigenvalue weighted by Gasteiger charge is -1.98. The first-order chi connectivity index (χ1) is 5.52. The molecule has 0 spiro atoms. The zero-order valence-electron chi connectivity index (χ0n) is 7.34. The van der Waals surface area contributed by atoms with Gasteiger partial charge in [-0.05, 0) is 6.92 Å². The summed E-state index contributed by atoms with van der Waals surface area (Å²) in [5.74, 6) is 1.11. The highest BCUT2D eigenvalue weighted by Crippen LogP contribution is 2.26. The Morgan fingerprint density at radius 1 is 1.42 bits per heavy atom. The van der Waals surface area contributed by atoms with E-state index in [1.165, 1.54) is 0 Å². The van der Waals surface area contributed by atoms with Gasteiger partial charge in [0.2, 0.25) is 5.89 Å². The summed E-state index contributed by atoms with van der Waals surface area (Å²) in [6, 6.07) is 0. The first-order valence-corrected chi connectivity index (χ1v) is 4.24. The third-order valence-electron chi connectivity index (χ3n) is 1.51. The smallest absolute Gasteiger partial charge is 0.224 e. The third kappa shape index (κ3) is 1.79. The molecule has 1 aromatic heterocycles. The van der Waals surface area contributed by atoms with Crippen LogP contribution in [0.15, 0.2) is 4.42 Å². The Kier molecular flexibility index (Phi) is 2.75. The predicted octanol–water partition coefficient (Wildman–Crippen LogP) is 2.50. The number of aliphatic hydroxyl groups excluding tert-OH is 1. The number of aliphatic hydroxyl groups is 1. The van der Waals surface area contributed by atoms with Crippen molar-refractivity contribution in [1.82, 2.24) is 4.98 Å². The minimum atomic E-state index is -0.699. The average Bonchev–Trinajstić information content (AvgIpc) is 2.30. The van der Waals surface area contributed by atoms with E-state index in [4.69, 9.17) is 21.1 Å². The minimum Gasteiger partial charge on any atom is -0.441 e. The first kappa shape index (κ1) is 9.55. The molecule has 1 atom stereocenters. The van der Waals surface area contributed by atoms with Crippen molar-refractivity contribution < 1.29 is 9.52 Å². The van der Waals surface area contributed by atoms with Crippen LogP contribution in [0.25, 0.3) is 0 Å². The third-order valence-corrected chi connectivity index (χ3v) is 1.78. The second-order valence-corrected chi connectivity index (χ2v) is 3.40. The van der Waals surface area contributed by atoms with Crippen molar-refractivity contribution in [3.8, 4) is 0 Å². The van der Waals surface area contributed by atoms with Crippen LogP contribution < -0.4 is 0 Å². The van der Waals surface area contributed by atoms with Crippen molar-refractivity contribution in [2.45, 2.75) is 32.8 Å². The summed E-state index contributed by atoms with van der Waals surface area (Å²) in [6.07, 6.45) is -0.699. The van der Waals surface area contributed by atoms with Gasteiger partial charge in [0.15, 0.2) is 5.15 Å². The van der Waals surface area contributed by atoms with Crippen LogP contribution in [0.2, 0.25) is 5.15 Å². The molecule has 12 heavy (non-hydrogen) atoms. The highest BCUT2D eigenvalue weighted by atomic mass is 35.5. The number of rotatable bonds is 2. The fraction of sp³-hybridized carbons (Fsp3) is 0.625. The molecule has 0 aromatic carbocycles. The lowest BCUT2D eigenvalue weighted by Crippen LogP contribution is -1.89. The fourth-order valence-electron chi connectivity index (χ4n) is 0.864. The van der Waals surface area contributed by atoms with Crippen LogP contribution >= 0.6 is 11.6 Å². The monoisotopic (exact) mass is 189 g/mol. The maximum Gasteiger partial charge on any atom is 0.224 e. The molecule has 68 valence electrons. The van der Waals surface area contributed by atoms with Gasteiger partial charge in [-0.1, -0.05) is 25.4 Å². The van der Waals surface area contributed by atoms with E-state index in [-0.39, 0.29) is 11.8 Å². The van der Waals surface area contributed by atoms with Crippen LogP contribution in [-0.4, -0.2) is 10.1 Å². The summed E-state index contributed by atoms with van der Waals surface area (Å²) < 4.78 is 5.24. The second-order valence-electron chi connectivity index (χ2n) is 3.04. The van der Waals surface area contributed by atoms with E-state index in [2.05, 4.69) is 4.98 Å². The maximum atomic E-state index is 9.13. The second kappa shape index (κ2) is 3.46. The molecule has 0 aliphatic carbocycles. The number of hydrogen-bond donors (Lipinski definition) is 1. The molecular weight excluding hydrogens is 178 g/mol. The molecule has 0 aliphatic rings. The maximum absolute atomic E-state index is 9.13. The van der Waals surface area contributed by atoms with E-state index in [9.17, 15) is 0 Å². The van der Waals surface area contributed by atoms with Crippen molar-refractivity contribution >= 4 is 11.6 Å². The molecule has 0 fully saturated rings. The van der Waals surface area contributed by atoms with E-state index < -0.39 is 6.10 Å². The van der Waals surface area contributed by atoms with Crippen LogP contribution in [0.3, 0.4) is 0 Å². The van der Waals surface area contributed by atoms with Crippen molar-refractivity contribution in [1.29, 1.82) is 0 Å². The van der Waals surface area contributed by atoms with Crippen LogP contribution in [0.5, 0.6) is 0 Å². The normalized spacial score (nSPS) is 13.8. The van der Waals surface area contributed by atoms with Crippen LogP contribution in [0, 0.1) is 0 Å². The molecule has 1 N–H and O–H groups in total. The van der Waals surface area contributed by atoms with Crippen molar-refractivity contribution in [2.75, 3.05) is 0 Å². The molecule has 0 saturated heterocycles. The van der Waals surface area contributed by atoms with Gasteiger partial charge in [0.1, 0.15) is 11.9 Å². The Hall–Kier alpha value is -0.540. The van der Waals surface area contributed by atoms with Gasteiger partial charge in [0.25, 0.3) is 0 Å². The lowest BCUT2D eigenvalue weighted by atomic mass is 10.2. The van der Waals surface area contributed by atoms with Crippen LogP contribution in [0.1, 0.15) is 44.4 Å². The van der Waals surface area contributed by atoms with Gasteiger partial charge in [-0.25, -0.2) is 0 Å². The van der Waals surface area contributed by atoms with Gasteiger partial charge in [-0.3, -0.25) is 0 Å². The average molecular weight is 190 g/mol. The van der Waals surface area contributed by atoms with E-state index in [1.54, 1.807) is 6.92 Å². The largest absolute Gasteiger partial charge is 0.441 e. The summed E-state index contributed by atoms with van der Waals surface area (Å²) in [7, 11) is 0. The molecule has 0 amide bonds. The number of nitrogens with zero attached hydrogens (tertiary/aromatic N) is 1. The molecule has 0 aliphatic heterocycles. The number of hydrogen-bond acceptors (Lipinski definition) is 3. The highest BCUT2D eigenvalue weighted by Gasteiger charge is 2.16. The molecule has 3 nitrogen and oxygen atoms in total. The number of oxazole rings is 1. The van der Waals surface area contributed by atoms with Crippen molar-refractivity contribution in [3.05, 3.63) is 16.8 Å². The van der Waals surface area contributed by atoms with Crippen molar-refractivity contribution in [2.24, 2.45) is 0 Å². The Balaban J connectivity index is 3.00. The molecule has 1 aromatic rings. The molecular formula is C8H12ClNO2. The van der Waals surface area contributed by atoms with E-state index >= 15 is 0 Å². The molecule has 0 bridgehead atoms. The Labute approximate surface area is 76.4 Å². The van der Waals surface area contributed by atoms with Gasteiger partial charge < -0.3 is 9.52 Å². The number of aromatic nitrogens is 1. The van der Waals surface area contributed by atoms with Gasteiger partial charge >= 0.3 is 0 Å². The number of halogens is 1. The van der Waals surface area contributed by atoms with E-state index in [1.807, 2.05) is 13.8 Å². The summed E-state index contributed by atoms with van der Waals surface area (Å²) in [4.78, 5) is 3.88. The minimum absolute atomic E-state index is 0.192. The molecule has 1 heterocycles. The zero-order chi connectivity index (χ0) is 9.30. The van der Waals surface area contributed by atoms with Gasteiger partial charge in [0, 0.05) is 5.92 Å². The predicted molar refractivity (Wildman–Crippen MR) is 46.2 cm³/mol. The molecule has 1 rings (SSSR count). The summed E-state index contributed by atoms with van der Waals surface area (Å²) in [6.45, 7) is 5.50. The van der Waals surface area contributed by atoms with Crippen LogP contribution in [0.4, 0.5) is 0 Å². The Bertz CT molecular complexity index is 268. The highest BCUT2D eigenvalue weighted by molar-refractivity contribution is 6.30. The fourth-order valence-corrected chi connectivity index (χ4v) is 1.20. The molecule has 0 radical (unpaired) electrons. The standard InChI is InChI=1S/C8H12ClNO2/c1-4(2)6-7(9)10-8(12-6)5(3)11/h4-5,11H,1-3H3. The van der Waals surface area contributed by atoms with Crippen LogP contribution in [-0.2, 0) is 0 Å². The molecule has 4 heteroatoms. The summed E-state index contributed by atoms with van der Waals surface area (Å²) in [5.41, 5.74) is 0. The summed E-state index contributed by atoms with van der Waals surface area (Å²) in [5, 5.41) is 9.48. The van der Waals surface area contributed by atoms with Crippen molar-refractivity contribution in [3.63, 3.8) is 0 Å². The van der Waals surface area contributed by atoms with Gasteiger partial charge in [-0.15, -0.1) is 0 Å². The SMILES string of the molecule is CC(C)c1oc(C(C)O)nc1Cl. The van der Waals surface area contributed by atoms with E-state index in [0.29, 0.717) is 10.9 Å². The summed E-state index contributed by atoms with van der Waals surface area (Å²) >= 11 is 5.77. The van der Waals surface area contributed by atoms with E-state index in [0.717, 1.165) is 0 Å². The Morgan fingerprint density at radius 2 is 2.00 bits per heavy atom. The molecule has 0 saturated carbocycles. The van der Waals surface area contributed by atoms with Gasteiger partial charge in [-0.2, -0.15) is 4.98 Å². The topological polar surface area (TPSA) is 46.3 Å². The zero-order valence-corrected chi connectivity index (χ0v) is 8.09. The molecule has 1 unspecified atom stereocenters. The Morgan fingerprint density at radius 3 is 2.25 bits per heavy atom. The lowest BCUT2D eigenvalue weighted by molar-refractivity contribution is 0.160. The first-order valence-electron chi connectivity index (χ1n) is 3.86.